The number of benzene rings is 1. The van der Waals surface area contributed by atoms with Crippen LogP contribution in [-0.2, 0) is 0 Å². The van der Waals surface area contributed by atoms with Gasteiger partial charge in [-0.15, -0.1) is 0 Å². The van der Waals surface area contributed by atoms with Gasteiger partial charge >= 0.3 is 5.97 Å². The minimum absolute atomic E-state index is 0.163. The quantitative estimate of drug-likeness (QED) is 0.414. The van der Waals surface area contributed by atoms with E-state index in [4.69, 9.17) is 10.8 Å². The number of carbonyl (C=O) groups is 1. The molecule has 0 aromatic heterocycles. The van der Waals surface area contributed by atoms with Crippen molar-refractivity contribution in [3.8, 4) is 0 Å². The highest BCUT2D eigenvalue weighted by atomic mass is 16.4. The topological polar surface area (TPSA) is 75.3 Å². The van der Waals surface area contributed by atoms with Crippen molar-refractivity contribution < 1.29 is 9.90 Å². The van der Waals surface area contributed by atoms with Crippen LogP contribution in [0.4, 0.5) is 11.4 Å². The van der Waals surface area contributed by atoms with Crippen LogP contribution in [0.2, 0.25) is 0 Å². The molecule has 0 aliphatic rings. The Bertz CT molecular complexity index is 433. The minimum atomic E-state index is -0.983. The number of rotatable bonds is 11. The third-order valence-electron chi connectivity index (χ3n) is 3.68. The lowest BCUT2D eigenvalue weighted by molar-refractivity contribution is 0.0698. The third-order valence-corrected chi connectivity index (χ3v) is 3.68. The van der Waals surface area contributed by atoms with E-state index < -0.39 is 5.97 Å². The van der Waals surface area contributed by atoms with Gasteiger partial charge in [0.05, 0.1) is 16.9 Å². The van der Waals surface area contributed by atoms with Gasteiger partial charge in [-0.25, -0.2) is 4.79 Å². The van der Waals surface area contributed by atoms with Crippen molar-refractivity contribution in [3.63, 3.8) is 0 Å². The number of nitrogen functional groups attached to an aromatic ring is 1. The summed E-state index contributed by atoms with van der Waals surface area (Å²) in [6.45, 7) is 3.07. The second-order valence-electron chi connectivity index (χ2n) is 5.47. The van der Waals surface area contributed by atoms with Crippen LogP contribution in [-0.4, -0.2) is 17.6 Å². The van der Waals surface area contributed by atoms with E-state index in [0.717, 1.165) is 18.7 Å². The van der Waals surface area contributed by atoms with Crippen LogP contribution in [0, 0.1) is 0 Å². The Morgan fingerprint density at radius 1 is 1.10 bits per heavy atom. The molecule has 0 amide bonds. The van der Waals surface area contributed by atoms with Gasteiger partial charge in [0.2, 0.25) is 0 Å². The molecule has 0 aliphatic heterocycles. The van der Waals surface area contributed by atoms with Gasteiger partial charge in [0.25, 0.3) is 0 Å². The number of nitrogens with two attached hydrogens (primary N) is 1. The van der Waals surface area contributed by atoms with Gasteiger partial charge in [-0.2, -0.15) is 0 Å². The fourth-order valence-electron chi connectivity index (χ4n) is 2.39. The van der Waals surface area contributed by atoms with Crippen molar-refractivity contribution in [2.24, 2.45) is 0 Å². The first-order valence-corrected chi connectivity index (χ1v) is 8.02. The minimum Gasteiger partial charge on any atom is -0.478 e. The van der Waals surface area contributed by atoms with Crippen molar-refractivity contribution >= 4 is 17.3 Å². The number of hydrogen-bond acceptors (Lipinski definition) is 3. The highest BCUT2D eigenvalue weighted by Gasteiger charge is 2.10. The predicted molar refractivity (Wildman–Crippen MR) is 88.9 cm³/mol. The van der Waals surface area contributed by atoms with E-state index in [1.54, 1.807) is 6.07 Å². The van der Waals surface area contributed by atoms with Gasteiger partial charge < -0.3 is 16.2 Å². The lowest BCUT2D eigenvalue weighted by atomic mass is 10.1. The molecule has 1 aromatic carbocycles. The first-order chi connectivity index (χ1) is 10.2. The van der Waals surface area contributed by atoms with Crippen molar-refractivity contribution in [2.45, 2.75) is 58.3 Å². The van der Waals surface area contributed by atoms with Gasteiger partial charge in [0, 0.05) is 6.54 Å². The zero-order chi connectivity index (χ0) is 15.5. The highest BCUT2D eigenvalue weighted by Crippen LogP contribution is 2.22. The monoisotopic (exact) mass is 292 g/mol. The molecule has 0 spiro atoms. The largest absolute Gasteiger partial charge is 0.478 e. The Morgan fingerprint density at radius 3 is 2.33 bits per heavy atom. The number of carboxylic acid groups (broad SMARTS) is 1. The zero-order valence-corrected chi connectivity index (χ0v) is 13.0. The molecule has 0 fully saturated rings. The molecular formula is C17H28N2O2. The lowest BCUT2D eigenvalue weighted by Gasteiger charge is -2.11. The first kappa shape index (κ1) is 17.3. The summed E-state index contributed by atoms with van der Waals surface area (Å²) in [6, 6.07) is 5.07. The fourth-order valence-corrected chi connectivity index (χ4v) is 2.39. The number of carboxylic acids is 1. The average molecular weight is 292 g/mol. The van der Waals surface area contributed by atoms with E-state index >= 15 is 0 Å². The summed E-state index contributed by atoms with van der Waals surface area (Å²) in [7, 11) is 0. The molecule has 4 nitrogen and oxygen atoms in total. The van der Waals surface area contributed by atoms with Gasteiger partial charge in [-0.3, -0.25) is 0 Å². The highest BCUT2D eigenvalue weighted by molar-refractivity contribution is 5.97. The maximum Gasteiger partial charge on any atom is 0.337 e. The summed E-state index contributed by atoms with van der Waals surface area (Å²) in [6.07, 6.45) is 10.2. The lowest BCUT2D eigenvalue weighted by Crippen LogP contribution is -2.08. The normalized spacial score (nSPS) is 10.5. The van der Waals surface area contributed by atoms with Gasteiger partial charge in [0.1, 0.15) is 0 Å². The van der Waals surface area contributed by atoms with Crippen LogP contribution < -0.4 is 11.1 Å². The van der Waals surface area contributed by atoms with Crippen molar-refractivity contribution in [3.05, 3.63) is 23.8 Å². The third kappa shape index (κ3) is 6.52. The zero-order valence-electron chi connectivity index (χ0n) is 13.0. The maximum atomic E-state index is 11.0. The molecule has 1 aromatic rings. The molecule has 0 saturated carbocycles. The van der Waals surface area contributed by atoms with E-state index in [0.29, 0.717) is 5.69 Å². The van der Waals surface area contributed by atoms with Crippen LogP contribution in [0.3, 0.4) is 0 Å². The van der Waals surface area contributed by atoms with Crippen LogP contribution in [0.25, 0.3) is 0 Å². The summed E-state index contributed by atoms with van der Waals surface area (Å²) in [5.41, 5.74) is 7.06. The second kappa shape index (κ2) is 10.1. The Labute approximate surface area is 127 Å². The molecular weight excluding hydrogens is 264 g/mol. The summed E-state index contributed by atoms with van der Waals surface area (Å²) in [4.78, 5) is 11.0. The molecule has 0 unspecified atom stereocenters. The Kier molecular flexibility index (Phi) is 8.32. The Hall–Kier alpha value is -1.71. The Balaban J connectivity index is 2.19. The van der Waals surface area contributed by atoms with Gasteiger partial charge in [-0.1, -0.05) is 57.9 Å². The number of para-hydroxylation sites is 1. The summed E-state index contributed by atoms with van der Waals surface area (Å²) < 4.78 is 0. The van der Waals surface area contributed by atoms with Crippen molar-refractivity contribution in [1.29, 1.82) is 0 Å². The number of hydrogen-bond donors (Lipinski definition) is 3. The standard InChI is InChI=1S/C17H28N2O2/c1-2-3-4-5-6-7-8-9-13-19-15-12-10-11-14(16(15)18)17(20)21/h10-12,19H,2-9,13,18H2,1H3,(H,20,21). The molecule has 118 valence electrons. The molecule has 0 heterocycles. The van der Waals surface area contributed by atoms with Crippen LogP contribution in [0.15, 0.2) is 18.2 Å². The molecule has 0 atom stereocenters. The number of unbranched alkanes of at least 4 members (excludes halogenated alkanes) is 7. The van der Waals surface area contributed by atoms with Gasteiger partial charge in [0.15, 0.2) is 0 Å². The van der Waals surface area contributed by atoms with E-state index in [-0.39, 0.29) is 5.56 Å². The van der Waals surface area contributed by atoms with E-state index in [1.807, 2.05) is 6.07 Å². The SMILES string of the molecule is CCCCCCCCCCNc1cccc(C(=O)O)c1N. The fraction of sp³-hybridized carbons (Fsp3) is 0.588. The smallest absolute Gasteiger partial charge is 0.337 e. The van der Waals surface area contributed by atoms with Crippen LogP contribution in [0.1, 0.15) is 68.6 Å². The predicted octanol–water partition coefficient (Wildman–Crippen LogP) is 4.52. The summed E-state index contributed by atoms with van der Waals surface area (Å²) in [5, 5.41) is 12.2. The number of anilines is 2. The molecule has 1 rings (SSSR count). The van der Waals surface area contributed by atoms with E-state index in [2.05, 4.69) is 12.2 Å². The van der Waals surface area contributed by atoms with Crippen molar-refractivity contribution in [2.75, 3.05) is 17.6 Å². The summed E-state index contributed by atoms with van der Waals surface area (Å²) >= 11 is 0. The molecule has 0 aliphatic carbocycles. The van der Waals surface area contributed by atoms with Crippen LogP contribution >= 0.6 is 0 Å². The maximum absolute atomic E-state index is 11.0. The molecule has 21 heavy (non-hydrogen) atoms. The van der Waals surface area contributed by atoms with E-state index in [1.165, 1.54) is 51.0 Å². The summed E-state index contributed by atoms with van der Waals surface area (Å²) in [5.74, 6) is -0.983. The molecule has 0 radical (unpaired) electrons. The number of aromatic carboxylic acids is 1. The van der Waals surface area contributed by atoms with Crippen molar-refractivity contribution in [1.82, 2.24) is 0 Å². The Morgan fingerprint density at radius 2 is 1.71 bits per heavy atom. The molecule has 4 heteroatoms. The molecule has 4 N–H and O–H groups in total. The van der Waals surface area contributed by atoms with E-state index in [9.17, 15) is 4.79 Å². The molecule has 0 saturated heterocycles. The van der Waals surface area contributed by atoms with Crippen LogP contribution in [0.5, 0.6) is 0 Å². The average Bonchev–Trinajstić information content (AvgIpc) is 2.46. The first-order valence-electron chi connectivity index (χ1n) is 8.02. The van der Waals surface area contributed by atoms with Gasteiger partial charge in [-0.05, 0) is 18.6 Å². The second-order valence-corrected chi connectivity index (χ2v) is 5.47. The molecule has 0 bridgehead atoms. The number of nitrogens with one attached hydrogen (secondary N) is 1.